The fourth-order valence-corrected chi connectivity index (χ4v) is 4.55. The standard InChI is InChI=1S/C23H25N3O2/c1-14-6-5-7-15(2)21(14)26-23(28)20-17-10-9-16(12-17)19(20)22(27)25-13-18-8-3-4-11-24-18/h3-11,16-17,19-20H,12-13H2,1-2H3,(H,25,27)(H,26,28)/t16-,17-,19+,20+/m0/s1. The van der Waals surface area contributed by atoms with E-state index >= 15 is 0 Å². The molecule has 2 aromatic rings. The zero-order valence-corrected chi connectivity index (χ0v) is 16.2. The summed E-state index contributed by atoms with van der Waals surface area (Å²) in [7, 11) is 0. The molecular formula is C23H25N3O2. The number of para-hydroxylation sites is 1. The van der Waals surface area contributed by atoms with E-state index in [1.165, 1.54) is 0 Å². The summed E-state index contributed by atoms with van der Waals surface area (Å²) in [6.07, 6.45) is 6.77. The van der Waals surface area contributed by atoms with Crippen LogP contribution in [0, 0.1) is 37.5 Å². The number of anilines is 1. The molecule has 5 heteroatoms. The van der Waals surface area contributed by atoms with E-state index in [1.54, 1.807) is 6.20 Å². The number of fused-ring (bicyclic) bond motifs is 2. The molecule has 1 heterocycles. The summed E-state index contributed by atoms with van der Waals surface area (Å²) in [5.74, 6) is -0.542. The van der Waals surface area contributed by atoms with Crippen LogP contribution in [0.1, 0.15) is 23.2 Å². The molecular weight excluding hydrogens is 350 g/mol. The van der Waals surface area contributed by atoms with Gasteiger partial charge in [-0.3, -0.25) is 14.6 Å². The molecule has 1 aromatic heterocycles. The topological polar surface area (TPSA) is 71.1 Å². The van der Waals surface area contributed by atoms with Crippen LogP contribution in [-0.2, 0) is 16.1 Å². The second-order valence-corrected chi connectivity index (χ2v) is 7.79. The first kappa shape index (κ1) is 18.4. The molecule has 2 aliphatic carbocycles. The van der Waals surface area contributed by atoms with Gasteiger partial charge in [0.15, 0.2) is 0 Å². The van der Waals surface area contributed by atoms with Gasteiger partial charge in [0.2, 0.25) is 11.8 Å². The van der Waals surface area contributed by atoms with E-state index in [4.69, 9.17) is 0 Å². The second-order valence-electron chi connectivity index (χ2n) is 7.79. The lowest BCUT2D eigenvalue weighted by Gasteiger charge is -2.27. The Kier molecular flexibility index (Phi) is 4.99. The second kappa shape index (κ2) is 7.58. The average Bonchev–Trinajstić information content (AvgIpc) is 3.31. The van der Waals surface area contributed by atoms with Gasteiger partial charge in [-0.25, -0.2) is 0 Å². The Hall–Kier alpha value is -2.95. The Morgan fingerprint density at radius 1 is 0.964 bits per heavy atom. The van der Waals surface area contributed by atoms with Gasteiger partial charge in [0.25, 0.3) is 0 Å². The molecule has 0 unspecified atom stereocenters. The van der Waals surface area contributed by atoms with Crippen molar-refractivity contribution < 1.29 is 9.59 Å². The number of pyridine rings is 1. The normalized spacial score (nSPS) is 24.9. The minimum absolute atomic E-state index is 0.0627. The number of rotatable bonds is 5. The molecule has 2 aliphatic rings. The van der Waals surface area contributed by atoms with Crippen molar-refractivity contribution in [3.63, 3.8) is 0 Å². The minimum Gasteiger partial charge on any atom is -0.350 e. The molecule has 2 amide bonds. The van der Waals surface area contributed by atoms with Gasteiger partial charge in [-0.1, -0.05) is 36.4 Å². The van der Waals surface area contributed by atoms with Crippen LogP contribution in [0.5, 0.6) is 0 Å². The summed E-state index contributed by atoms with van der Waals surface area (Å²) in [4.78, 5) is 30.4. The van der Waals surface area contributed by atoms with Crippen LogP contribution in [0.2, 0.25) is 0 Å². The molecule has 0 aliphatic heterocycles. The maximum atomic E-state index is 13.2. The van der Waals surface area contributed by atoms with Crippen molar-refractivity contribution >= 4 is 17.5 Å². The van der Waals surface area contributed by atoms with Gasteiger partial charge in [0.1, 0.15) is 0 Å². The summed E-state index contributed by atoms with van der Waals surface area (Å²) in [5, 5.41) is 6.08. The molecule has 4 atom stereocenters. The lowest BCUT2D eigenvalue weighted by atomic mass is 9.81. The first-order valence-corrected chi connectivity index (χ1v) is 9.77. The number of aromatic nitrogens is 1. The maximum Gasteiger partial charge on any atom is 0.228 e. The number of hydrogen-bond acceptors (Lipinski definition) is 3. The van der Waals surface area contributed by atoms with Gasteiger partial charge >= 0.3 is 0 Å². The molecule has 0 saturated heterocycles. The number of benzene rings is 1. The molecule has 0 spiro atoms. The van der Waals surface area contributed by atoms with E-state index in [1.807, 2.05) is 50.2 Å². The highest BCUT2D eigenvalue weighted by molar-refractivity contribution is 5.98. The molecule has 144 valence electrons. The van der Waals surface area contributed by atoms with E-state index in [0.29, 0.717) is 6.54 Å². The number of nitrogens with one attached hydrogen (secondary N) is 2. The summed E-state index contributed by atoms with van der Waals surface area (Å²) < 4.78 is 0. The van der Waals surface area contributed by atoms with Crippen LogP contribution >= 0.6 is 0 Å². The molecule has 4 rings (SSSR count). The Balaban J connectivity index is 1.49. The van der Waals surface area contributed by atoms with Crippen molar-refractivity contribution in [2.24, 2.45) is 23.7 Å². The highest BCUT2D eigenvalue weighted by Crippen LogP contribution is 2.48. The molecule has 0 radical (unpaired) electrons. The van der Waals surface area contributed by atoms with Gasteiger partial charge < -0.3 is 10.6 Å². The number of carbonyl (C=O) groups excluding carboxylic acids is 2. The van der Waals surface area contributed by atoms with Gasteiger partial charge in [0.05, 0.1) is 24.1 Å². The molecule has 28 heavy (non-hydrogen) atoms. The van der Waals surface area contributed by atoms with Crippen molar-refractivity contribution in [1.82, 2.24) is 10.3 Å². The van der Waals surface area contributed by atoms with Crippen molar-refractivity contribution in [3.05, 3.63) is 71.6 Å². The molecule has 5 nitrogen and oxygen atoms in total. The predicted molar refractivity (Wildman–Crippen MR) is 108 cm³/mol. The molecule has 2 bridgehead atoms. The first-order valence-electron chi connectivity index (χ1n) is 9.77. The third kappa shape index (κ3) is 3.44. The molecule has 2 N–H and O–H groups in total. The Labute approximate surface area is 165 Å². The van der Waals surface area contributed by atoms with Crippen molar-refractivity contribution in [1.29, 1.82) is 0 Å². The zero-order valence-electron chi connectivity index (χ0n) is 16.2. The van der Waals surface area contributed by atoms with Crippen LogP contribution in [0.25, 0.3) is 0 Å². The third-order valence-electron chi connectivity index (χ3n) is 5.96. The fourth-order valence-electron chi connectivity index (χ4n) is 4.55. The van der Waals surface area contributed by atoms with E-state index in [9.17, 15) is 9.59 Å². The minimum atomic E-state index is -0.335. The number of carbonyl (C=O) groups is 2. The molecule has 1 aromatic carbocycles. The van der Waals surface area contributed by atoms with Crippen LogP contribution < -0.4 is 10.6 Å². The Morgan fingerprint density at radius 2 is 1.64 bits per heavy atom. The summed E-state index contributed by atoms with van der Waals surface area (Å²) in [5.41, 5.74) is 3.73. The Morgan fingerprint density at radius 3 is 2.29 bits per heavy atom. The number of allylic oxidation sites excluding steroid dienone is 2. The Bertz CT molecular complexity index is 902. The monoisotopic (exact) mass is 375 g/mol. The lowest BCUT2D eigenvalue weighted by Crippen LogP contribution is -2.42. The van der Waals surface area contributed by atoms with Crippen molar-refractivity contribution in [3.8, 4) is 0 Å². The fraction of sp³-hybridized carbons (Fsp3) is 0.348. The number of amides is 2. The number of hydrogen-bond donors (Lipinski definition) is 2. The van der Waals surface area contributed by atoms with Gasteiger partial charge in [0, 0.05) is 11.9 Å². The van der Waals surface area contributed by atoms with Gasteiger partial charge in [-0.15, -0.1) is 0 Å². The van der Waals surface area contributed by atoms with Gasteiger partial charge in [-0.2, -0.15) is 0 Å². The van der Waals surface area contributed by atoms with Crippen LogP contribution in [-0.4, -0.2) is 16.8 Å². The van der Waals surface area contributed by atoms with E-state index in [-0.39, 0.29) is 35.5 Å². The third-order valence-corrected chi connectivity index (χ3v) is 5.96. The quantitative estimate of drug-likeness (QED) is 0.787. The SMILES string of the molecule is Cc1cccc(C)c1NC(=O)[C@H]1[C@H](C(=O)NCc2ccccn2)[C@H]2C=C[C@H]1C2. The van der Waals surface area contributed by atoms with Crippen LogP contribution in [0.4, 0.5) is 5.69 Å². The molecule has 1 saturated carbocycles. The summed E-state index contributed by atoms with van der Waals surface area (Å²) in [6, 6.07) is 11.6. The summed E-state index contributed by atoms with van der Waals surface area (Å²) >= 11 is 0. The number of nitrogens with zero attached hydrogens (tertiary/aromatic N) is 1. The largest absolute Gasteiger partial charge is 0.350 e. The van der Waals surface area contributed by atoms with E-state index in [0.717, 1.165) is 28.9 Å². The highest BCUT2D eigenvalue weighted by Gasteiger charge is 2.51. The maximum absolute atomic E-state index is 13.2. The van der Waals surface area contributed by atoms with Crippen LogP contribution in [0.15, 0.2) is 54.7 Å². The molecule has 1 fully saturated rings. The smallest absolute Gasteiger partial charge is 0.228 e. The van der Waals surface area contributed by atoms with Gasteiger partial charge in [-0.05, 0) is 55.4 Å². The summed E-state index contributed by atoms with van der Waals surface area (Å²) in [6.45, 7) is 4.35. The van der Waals surface area contributed by atoms with Crippen molar-refractivity contribution in [2.75, 3.05) is 5.32 Å². The zero-order chi connectivity index (χ0) is 19.7. The number of aryl methyl sites for hydroxylation is 2. The predicted octanol–water partition coefficient (Wildman–Crippen LogP) is 3.39. The lowest BCUT2D eigenvalue weighted by molar-refractivity contribution is -0.133. The van der Waals surface area contributed by atoms with Crippen molar-refractivity contribution in [2.45, 2.75) is 26.8 Å². The average molecular weight is 375 g/mol. The first-order chi connectivity index (χ1) is 13.5. The van der Waals surface area contributed by atoms with Crippen LogP contribution in [0.3, 0.4) is 0 Å². The highest BCUT2D eigenvalue weighted by atomic mass is 16.2. The van der Waals surface area contributed by atoms with E-state index < -0.39 is 0 Å². The van der Waals surface area contributed by atoms with E-state index in [2.05, 4.69) is 27.8 Å².